The van der Waals surface area contributed by atoms with Crippen molar-refractivity contribution in [1.82, 2.24) is 9.29 Å². The number of amides is 1. The van der Waals surface area contributed by atoms with Crippen molar-refractivity contribution in [2.75, 3.05) is 38.7 Å². The molecule has 0 spiro atoms. The molecule has 1 aromatic heterocycles. The average Bonchev–Trinajstić information content (AvgIpc) is 3.28. The lowest BCUT2D eigenvalue weighted by molar-refractivity contribution is -0.115. The number of sulfonamides is 1. The van der Waals surface area contributed by atoms with Crippen LogP contribution in [0.15, 0.2) is 52.7 Å². The predicted molar refractivity (Wildman–Crippen MR) is 127 cm³/mol. The number of benzene rings is 2. The summed E-state index contributed by atoms with van der Waals surface area (Å²) >= 11 is 7.23. The van der Waals surface area contributed by atoms with Crippen LogP contribution in [0.5, 0.6) is 5.75 Å². The second kappa shape index (κ2) is 10.2. The third-order valence-corrected chi connectivity index (χ3v) is 8.00. The van der Waals surface area contributed by atoms with E-state index in [9.17, 15) is 13.2 Å². The number of carbonyl (C=O) groups is 1. The third-order valence-electron chi connectivity index (χ3n) is 5.07. The smallest absolute Gasteiger partial charge is 0.246 e. The maximum atomic E-state index is 13.1. The van der Waals surface area contributed by atoms with Crippen LogP contribution in [0, 0.1) is 0 Å². The summed E-state index contributed by atoms with van der Waals surface area (Å²) in [4.78, 5) is 17.1. The maximum Gasteiger partial charge on any atom is 0.246 e. The average molecular weight is 508 g/mol. The molecule has 4 rings (SSSR count). The van der Waals surface area contributed by atoms with E-state index in [0.717, 1.165) is 11.3 Å². The molecule has 11 heteroatoms. The summed E-state index contributed by atoms with van der Waals surface area (Å²) in [6.07, 6.45) is -0.00845. The van der Waals surface area contributed by atoms with E-state index in [2.05, 4.69) is 10.3 Å². The van der Waals surface area contributed by atoms with E-state index in [1.54, 1.807) is 24.3 Å². The van der Waals surface area contributed by atoms with Crippen molar-refractivity contribution in [2.24, 2.45) is 0 Å². The van der Waals surface area contributed by atoms with E-state index in [1.807, 2.05) is 17.5 Å². The monoisotopic (exact) mass is 507 g/mol. The van der Waals surface area contributed by atoms with E-state index in [1.165, 1.54) is 28.8 Å². The summed E-state index contributed by atoms with van der Waals surface area (Å²) in [5, 5.41) is 5.72. The highest BCUT2D eigenvalue weighted by Gasteiger charge is 2.29. The molecule has 2 aromatic carbocycles. The van der Waals surface area contributed by atoms with Crippen molar-refractivity contribution in [2.45, 2.75) is 11.3 Å². The second-order valence-corrected chi connectivity index (χ2v) is 10.5. The van der Waals surface area contributed by atoms with E-state index < -0.39 is 10.0 Å². The van der Waals surface area contributed by atoms with Crippen molar-refractivity contribution in [1.29, 1.82) is 0 Å². The molecular weight excluding hydrogens is 486 g/mol. The largest absolute Gasteiger partial charge is 0.495 e. The van der Waals surface area contributed by atoms with Gasteiger partial charge in [-0.25, -0.2) is 13.4 Å². The molecule has 0 saturated carbocycles. The lowest BCUT2D eigenvalue weighted by Crippen LogP contribution is -2.40. The SMILES string of the molecule is COc1ccc(CC(=O)Nc2nc(-c3ccc(Cl)cc3)cs2)cc1S(=O)(=O)N1CCOCC1. The molecule has 0 aliphatic carbocycles. The number of hydrogen-bond acceptors (Lipinski definition) is 7. The Morgan fingerprint density at radius 1 is 1.21 bits per heavy atom. The molecule has 174 valence electrons. The van der Waals surface area contributed by atoms with E-state index in [4.69, 9.17) is 21.1 Å². The molecule has 1 saturated heterocycles. The van der Waals surface area contributed by atoms with Gasteiger partial charge in [0.15, 0.2) is 5.13 Å². The Bertz CT molecular complexity index is 1240. The Labute approximate surface area is 201 Å². The van der Waals surface area contributed by atoms with Crippen molar-refractivity contribution < 1.29 is 22.7 Å². The van der Waals surface area contributed by atoms with Gasteiger partial charge in [-0.15, -0.1) is 11.3 Å². The van der Waals surface area contributed by atoms with Crippen LogP contribution >= 0.6 is 22.9 Å². The first-order valence-corrected chi connectivity index (χ1v) is 12.8. The fourth-order valence-electron chi connectivity index (χ4n) is 3.39. The number of morpholine rings is 1. The van der Waals surface area contributed by atoms with Crippen LogP contribution < -0.4 is 10.1 Å². The summed E-state index contributed by atoms with van der Waals surface area (Å²) in [6.45, 7) is 1.23. The molecule has 8 nitrogen and oxygen atoms in total. The normalized spacial score (nSPS) is 14.7. The van der Waals surface area contributed by atoms with Crippen LogP contribution in [-0.4, -0.2) is 57.0 Å². The first kappa shape index (κ1) is 23.7. The number of carbonyl (C=O) groups excluding carboxylic acids is 1. The quantitative estimate of drug-likeness (QED) is 0.524. The van der Waals surface area contributed by atoms with Crippen molar-refractivity contribution >= 4 is 44.0 Å². The van der Waals surface area contributed by atoms with Gasteiger partial charge in [0.25, 0.3) is 0 Å². The highest BCUT2D eigenvalue weighted by molar-refractivity contribution is 7.89. The van der Waals surface area contributed by atoms with Crippen molar-refractivity contribution in [3.05, 3.63) is 58.4 Å². The summed E-state index contributed by atoms with van der Waals surface area (Å²) < 4.78 is 38.2. The first-order chi connectivity index (χ1) is 15.9. The predicted octanol–water partition coefficient (Wildman–Crippen LogP) is 3.67. The van der Waals surface area contributed by atoms with Crippen LogP contribution in [0.3, 0.4) is 0 Å². The summed E-state index contributed by atoms with van der Waals surface area (Å²) in [5.41, 5.74) is 2.18. The number of anilines is 1. The highest BCUT2D eigenvalue weighted by atomic mass is 35.5. The van der Waals surface area contributed by atoms with Gasteiger partial charge in [0.2, 0.25) is 15.9 Å². The fraction of sp³-hybridized carbons (Fsp3) is 0.273. The molecule has 0 atom stereocenters. The van der Waals surface area contributed by atoms with E-state index >= 15 is 0 Å². The molecule has 1 amide bonds. The molecule has 33 heavy (non-hydrogen) atoms. The van der Waals surface area contributed by atoms with Crippen molar-refractivity contribution in [3.8, 4) is 17.0 Å². The Hall–Kier alpha value is -2.50. The van der Waals surface area contributed by atoms with Gasteiger partial charge >= 0.3 is 0 Å². The standard InChI is InChI=1S/C22H22ClN3O5S2/c1-30-19-7-2-15(12-20(19)33(28,29)26-8-10-31-11-9-26)13-21(27)25-22-24-18(14-32-22)16-3-5-17(23)6-4-16/h2-7,12,14H,8-11,13H2,1H3,(H,24,25,27). The van der Waals surface area contributed by atoms with Gasteiger partial charge in [-0.2, -0.15) is 4.31 Å². The first-order valence-electron chi connectivity index (χ1n) is 10.1. The lowest BCUT2D eigenvalue weighted by Gasteiger charge is -2.26. The van der Waals surface area contributed by atoms with Crippen LogP contribution in [0.1, 0.15) is 5.56 Å². The maximum absolute atomic E-state index is 13.1. The van der Waals surface area contributed by atoms with Gasteiger partial charge in [-0.3, -0.25) is 4.79 Å². The number of thiazole rings is 1. The minimum Gasteiger partial charge on any atom is -0.495 e. The molecule has 1 aliphatic rings. The summed E-state index contributed by atoms with van der Waals surface area (Å²) in [7, 11) is -2.36. The van der Waals surface area contributed by atoms with Gasteiger partial charge in [-0.05, 0) is 29.8 Å². The molecule has 1 N–H and O–H groups in total. The van der Waals surface area contributed by atoms with Crippen LogP contribution in [0.25, 0.3) is 11.3 Å². The minimum atomic E-state index is -3.78. The molecule has 1 fully saturated rings. The molecule has 1 aliphatic heterocycles. The number of nitrogens with one attached hydrogen (secondary N) is 1. The van der Waals surface area contributed by atoms with Gasteiger partial charge < -0.3 is 14.8 Å². The molecule has 2 heterocycles. The number of hydrogen-bond donors (Lipinski definition) is 1. The third kappa shape index (κ3) is 5.53. The lowest BCUT2D eigenvalue weighted by atomic mass is 10.1. The molecule has 3 aromatic rings. The van der Waals surface area contributed by atoms with Crippen LogP contribution in [0.4, 0.5) is 5.13 Å². The number of ether oxygens (including phenoxy) is 2. The topological polar surface area (TPSA) is 97.8 Å². The zero-order valence-electron chi connectivity index (χ0n) is 17.8. The second-order valence-electron chi connectivity index (χ2n) is 7.27. The van der Waals surface area contributed by atoms with Crippen LogP contribution in [-0.2, 0) is 26.0 Å². The van der Waals surface area contributed by atoms with Gasteiger partial charge in [-0.1, -0.05) is 29.8 Å². The molecular formula is C22H22ClN3O5S2. The summed E-state index contributed by atoms with van der Waals surface area (Å²) in [5.74, 6) is -0.0647. The minimum absolute atomic E-state index is 0.00845. The number of nitrogens with zero attached hydrogens (tertiary/aromatic N) is 2. The van der Waals surface area contributed by atoms with Gasteiger partial charge in [0.05, 0.1) is 32.4 Å². The number of aromatic nitrogens is 1. The van der Waals surface area contributed by atoms with Gasteiger partial charge in [0, 0.05) is 29.1 Å². The highest BCUT2D eigenvalue weighted by Crippen LogP contribution is 2.29. The zero-order valence-corrected chi connectivity index (χ0v) is 20.2. The fourth-order valence-corrected chi connectivity index (χ4v) is 5.87. The van der Waals surface area contributed by atoms with Crippen molar-refractivity contribution in [3.63, 3.8) is 0 Å². The zero-order chi connectivity index (χ0) is 23.4. The Morgan fingerprint density at radius 3 is 2.64 bits per heavy atom. The number of methoxy groups -OCH3 is 1. The Morgan fingerprint density at radius 2 is 1.94 bits per heavy atom. The Balaban J connectivity index is 1.48. The Kier molecular flexibility index (Phi) is 7.30. The van der Waals surface area contributed by atoms with E-state index in [-0.39, 0.29) is 36.1 Å². The molecule has 0 unspecified atom stereocenters. The number of rotatable bonds is 7. The number of halogens is 1. The van der Waals surface area contributed by atoms with E-state index in [0.29, 0.717) is 28.9 Å². The molecule has 0 radical (unpaired) electrons. The van der Waals surface area contributed by atoms with Crippen LogP contribution in [0.2, 0.25) is 5.02 Å². The molecule has 0 bridgehead atoms. The summed E-state index contributed by atoms with van der Waals surface area (Å²) in [6, 6.07) is 12.0. The van der Waals surface area contributed by atoms with Gasteiger partial charge in [0.1, 0.15) is 10.6 Å².